The van der Waals surface area contributed by atoms with E-state index < -0.39 is 5.82 Å². The highest BCUT2D eigenvalue weighted by Gasteiger charge is 2.03. The topological polar surface area (TPSA) is 35.5 Å². The third kappa shape index (κ3) is 3.82. The highest BCUT2D eigenvalue weighted by atomic mass is 19.1. The first kappa shape index (κ1) is 14.1. The van der Waals surface area contributed by atoms with Crippen molar-refractivity contribution in [1.82, 2.24) is 0 Å². The van der Waals surface area contributed by atoms with Crippen molar-refractivity contribution in [3.63, 3.8) is 0 Å². The summed E-state index contributed by atoms with van der Waals surface area (Å²) in [6.07, 6.45) is 1.52. The zero-order valence-electron chi connectivity index (χ0n) is 11.1. The maximum absolute atomic E-state index is 13.3. The summed E-state index contributed by atoms with van der Waals surface area (Å²) in [6.45, 7) is 2.69. The molecule has 0 N–H and O–H groups in total. The molecule has 2 aromatic carbocycles. The zero-order valence-corrected chi connectivity index (χ0v) is 11.1. The van der Waals surface area contributed by atoms with Crippen LogP contribution in [0.2, 0.25) is 0 Å². The Balaban J connectivity index is 2.09. The normalized spacial score (nSPS) is 10.1. The van der Waals surface area contributed by atoms with E-state index in [-0.39, 0.29) is 11.3 Å². The monoisotopic (exact) mass is 274 g/mol. The molecule has 0 aliphatic carbocycles. The van der Waals surface area contributed by atoms with Crippen LogP contribution in [0.5, 0.6) is 17.2 Å². The second-order valence-electron chi connectivity index (χ2n) is 4.26. The minimum absolute atomic E-state index is 0.239. The van der Waals surface area contributed by atoms with E-state index in [0.29, 0.717) is 18.6 Å². The first-order chi connectivity index (χ1) is 9.71. The number of benzene rings is 2. The molecule has 0 radical (unpaired) electrons. The predicted octanol–water partition coefficient (Wildman–Crippen LogP) is 4.22. The third-order valence-electron chi connectivity index (χ3n) is 2.56. The number of carbonyl (C=O) groups is 1. The van der Waals surface area contributed by atoms with Gasteiger partial charge in [0.25, 0.3) is 0 Å². The molecule has 0 heterocycles. The average Bonchev–Trinajstić information content (AvgIpc) is 2.46. The van der Waals surface area contributed by atoms with Crippen molar-refractivity contribution < 1.29 is 18.7 Å². The summed E-state index contributed by atoms with van der Waals surface area (Å²) < 4.78 is 24.2. The molecule has 2 rings (SSSR count). The molecule has 0 amide bonds. The fourth-order valence-corrected chi connectivity index (χ4v) is 1.67. The van der Waals surface area contributed by atoms with E-state index >= 15 is 0 Å². The van der Waals surface area contributed by atoms with E-state index in [2.05, 4.69) is 0 Å². The van der Waals surface area contributed by atoms with Crippen LogP contribution in [-0.2, 0) is 0 Å². The van der Waals surface area contributed by atoms with Crippen LogP contribution in [0.4, 0.5) is 4.39 Å². The molecule has 0 aliphatic rings. The molecule has 104 valence electrons. The lowest BCUT2D eigenvalue weighted by Gasteiger charge is -2.08. The molecule has 3 nitrogen and oxygen atoms in total. The fraction of sp³-hybridized carbons (Fsp3) is 0.188. The molecule has 0 fully saturated rings. The lowest BCUT2D eigenvalue weighted by atomic mass is 10.2. The predicted molar refractivity (Wildman–Crippen MR) is 74.1 cm³/mol. The Labute approximate surface area is 117 Å². The fourth-order valence-electron chi connectivity index (χ4n) is 1.67. The van der Waals surface area contributed by atoms with Gasteiger partial charge in [0.2, 0.25) is 0 Å². The Morgan fingerprint density at radius 1 is 1.05 bits per heavy atom. The summed E-state index contributed by atoms with van der Waals surface area (Å²) in [5.74, 6) is 1.09. The van der Waals surface area contributed by atoms with Crippen molar-refractivity contribution >= 4 is 6.29 Å². The Morgan fingerprint density at radius 2 is 1.75 bits per heavy atom. The van der Waals surface area contributed by atoms with Crippen LogP contribution >= 0.6 is 0 Å². The van der Waals surface area contributed by atoms with Gasteiger partial charge >= 0.3 is 0 Å². The van der Waals surface area contributed by atoms with Crippen LogP contribution in [-0.4, -0.2) is 12.9 Å². The van der Waals surface area contributed by atoms with Gasteiger partial charge in [0.15, 0.2) is 0 Å². The summed E-state index contributed by atoms with van der Waals surface area (Å²) in [5.41, 5.74) is 0.239. The molecule has 0 bridgehead atoms. The van der Waals surface area contributed by atoms with E-state index in [4.69, 9.17) is 9.47 Å². The Bertz CT molecular complexity index is 579. The van der Waals surface area contributed by atoms with Crippen molar-refractivity contribution in [2.24, 2.45) is 0 Å². The van der Waals surface area contributed by atoms with Gasteiger partial charge < -0.3 is 9.47 Å². The molecule has 4 heteroatoms. The first-order valence-corrected chi connectivity index (χ1v) is 6.37. The maximum Gasteiger partial charge on any atom is 0.150 e. The van der Waals surface area contributed by atoms with E-state index in [9.17, 15) is 9.18 Å². The maximum atomic E-state index is 13.3. The quantitative estimate of drug-likeness (QED) is 0.740. The molecule has 0 aromatic heterocycles. The van der Waals surface area contributed by atoms with E-state index in [1.165, 1.54) is 12.1 Å². The third-order valence-corrected chi connectivity index (χ3v) is 2.56. The van der Waals surface area contributed by atoms with Crippen LogP contribution in [0, 0.1) is 5.82 Å². The lowest BCUT2D eigenvalue weighted by Crippen LogP contribution is -1.94. The van der Waals surface area contributed by atoms with Gasteiger partial charge in [0, 0.05) is 11.6 Å². The second-order valence-corrected chi connectivity index (χ2v) is 4.26. The zero-order chi connectivity index (χ0) is 14.4. The molecular weight excluding hydrogens is 259 g/mol. The van der Waals surface area contributed by atoms with Gasteiger partial charge in [-0.2, -0.15) is 0 Å². The summed E-state index contributed by atoms with van der Waals surface area (Å²) in [5, 5.41) is 0. The molecule has 0 saturated heterocycles. The lowest BCUT2D eigenvalue weighted by molar-refractivity contribution is 0.112. The van der Waals surface area contributed by atoms with Gasteiger partial charge in [-0.1, -0.05) is 6.92 Å². The second kappa shape index (κ2) is 6.70. The van der Waals surface area contributed by atoms with Gasteiger partial charge in [-0.25, -0.2) is 4.39 Å². The van der Waals surface area contributed by atoms with Gasteiger partial charge in [-0.15, -0.1) is 0 Å². The van der Waals surface area contributed by atoms with Gasteiger partial charge in [-0.3, -0.25) is 4.79 Å². The van der Waals surface area contributed by atoms with Crippen LogP contribution in [0.3, 0.4) is 0 Å². The van der Waals surface area contributed by atoms with Crippen molar-refractivity contribution in [3.05, 3.63) is 53.8 Å². The number of rotatable bonds is 6. The van der Waals surface area contributed by atoms with Gasteiger partial charge in [0.05, 0.1) is 6.61 Å². The Hall–Kier alpha value is -2.36. The SMILES string of the molecule is CCCOc1ccc(Oc2cc(F)cc(C=O)c2)cc1. The molecule has 0 atom stereocenters. The average molecular weight is 274 g/mol. The van der Waals surface area contributed by atoms with E-state index in [1.54, 1.807) is 24.3 Å². The summed E-state index contributed by atoms with van der Waals surface area (Å²) in [7, 11) is 0. The van der Waals surface area contributed by atoms with Gasteiger partial charge in [-0.05, 0) is 42.8 Å². The van der Waals surface area contributed by atoms with Crippen molar-refractivity contribution in [2.45, 2.75) is 13.3 Å². The molecule has 0 spiro atoms. The van der Waals surface area contributed by atoms with Crippen molar-refractivity contribution in [3.8, 4) is 17.2 Å². The molecule has 0 aliphatic heterocycles. The smallest absolute Gasteiger partial charge is 0.150 e. The number of hydrogen-bond donors (Lipinski definition) is 0. The largest absolute Gasteiger partial charge is 0.494 e. The Morgan fingerprint density at radius 3 is 2.40 bits per heavy atom. The minimum atomic E-state index is -0.507. The molecule has 0 unspecified atom stereocenters. The number of aldehydes is 1. The van der Waals surface area contributed by atoms with Crippen LogP contribution in [0.15, 0.2) is 42.5 Å². The minimum Gasteiger partial charge on any atom is -0.494 e. The highest BCUT2D eigenvalue weighted by Crippen LogP contribution is 2.25. The Kier molecular flexibility index (Phi) is 4.71. The van der Waals surface area contributed by atoms with E-state index in [0.717, 1.165) is 18.2 Å². The number of carbonyl (C=O) groups excluding carboxylic acids is 1. The van der Waals surface area contributed by atoms with Crippen LogP contribution in [0.25, 0.3) is 0 Å². The molecular formula is C16H15FO3. The van der Waals surface area contributed by atoms with Gasteiger partial charge in [0.1, 0.15) is 29.4 Å². The summed E-state index contributed by atoms with van der Waals surface area (Å²) >= 11 is 0. The molecule has 20 heavy (non-hydrogen) atoms. The van der Waals surface area contributed by atoms with Crippen molar-refractivity contribution in [2.75, 3.05) is 6.61 Å². The standard InChI is InChI=1S/C16H15FO3/c1-2-7-19-14-3-5-15(6-4-14)20-16-9-12(11-18)8-13(17)10-16/h3-6,8-11H,2,7H2,1H3. The number of hydrogen-bond acceptors (Lipinski definition) is 3. The van der Waals surface area contributed by atoms with Crippen LogP contribution < -0.4 is 9.47 Å². The highest BCUT2D eigenvalue weighted by molar-refractivity contribution is 5.75. The first-order valence-electron chi connectivity index (χ1n) is 6.37. The number of halogens is 1. The van der Waals surface area contributed by atoms with E-state index in [1.807, 2.05) is 6.92 Å². The molecule has 0 saturated carbocycles. The number of ether oxygens (including phenoxy) is 2. The summed E-state index contributed by atoms with van der Waals surface area (Å²) in [6, 6.07) is 10.9. The molecule has 2 aromatic rings. The summed E-state index contributed by atoms with van der Waals surface area (Å²) in [4.78, 5) is 10.7. The van der Waals surface area contributed by atoms with Crippen molar-refractivity contribution in [1.29, 1.82) is 0 Å². The van der Waals surface area contributed by atoms with Crippen LogP contribution in [0.1, 0.15) is 23.7 Å².